The van der Waals surface area contributed by atoms with Crippen LogP contribution in [0.4, 0.5) is 17.1 Å². The predicted octanol–water partition coefficient (Wildman–Crippen LogP) is 12.9. The highest BCUT2D eigenvalue weighted by molar-refractivity contribution is 7.99. The van der Waals surface area contributed by atoms with Gasteiger partial charge in [-0.15, -0.1) is 0 Å². The molecular formula is C45H33NS. The SMILES string of the molecule is CC1(C)c2ccccc2-c2c1ccc1c2N(c2ccccc2)c2cc(-c3cc(-c4ccccc4)cc(-c4ccccc4)c3)ccc2S1. The summed E-state index contributed by atoms with van der Waals surface area (Å²) in [6, 6.07) is 60.0. The van der Waals surface area contributed by atoms with Gasteiger partial charge in [-0.1, -0.05) is 141 Å². The molecule has 1 nitrogen and oxygen atoms in total. The van der Waals surface area contributed by atoms with Gasteiger partial charge < -0.3 is 4.90 Å². The van der Waals surface area contributed by atoms with Crippen LogP contribution in [0.25, 0.3) is 44.5 Å². The lowest BCUT2D eigenvalue weighted by molar-refractivity contribution is 0.660. The van der Waals surface area contributed by atoms with Gasteiger partial charge in [-0.3, -0.25) is 0 Å². The van der Waals surface area contributed by atoms with Gasteiger partial charge in [-0.25, -0.2) is 0 Å². The highest BCUT2D eigenvalue weighted by atomic mass is 32.2. The summed E-state index contributed by atoms with van der Waals surface area (Å²) in [5.41, 5.74) is 16.4. The molecule has 0 amide bonds. The quantitative estimate of drug-likeness (QED) is 0.193. The average molecular weight is 620 g/mol. The number of hydrogen-bond donors (Lipinski definition) is 0. The van der Waals surface area contributed by atoms with Crippen LogP contribution in [0.15, 0.2) is 174 Å². The molecule has 1 aliphatic carbocycles. The second kappa shape index (κ2) is 10.9. The predicted molar refractivity (Wildman–Crippen MR) is 199 cm³/mol. The topological polar surface area (TPSA) is 3.24 Å². The number of fused-ring (bicyclic) bond motifs is 6. The smallest absolute Gasteiger partial charge is 0.0683 e. The first-order valence-electron chi connectivity index (χ1n) is 16.3. The summed E-state index contributed by atoms with van der Waals surface area (Å²) in [5, 5.41) is 0. The summed E-state index contributed by atoms with van der Waals surface area (Å²) in [6.45, 7) is 4.73. The van der Waals surface area contributed by atoms with Gasteiger partial charge >= 0.3 is 0 Å². The molecule has 7 aromatic carbocycles. The van der Waals surface area contributed by atoms with E-state index in [2.05, 4.69) is 183 Å². The van der Waals surface area contributed by atoms with Crippen molar-refractivity contribution in [2.24, 2.45) is 0 Å². The Labute approximate surface area is 281 Å². The van der Waals surface area contributed by atoms with Gasteiger partial charge in [-0.2, -0.15) is 0 Å². The molecule has 0 atom stereocenters. The fourth-order valence-electron chi connectivity index (χ4n) is 7.49. The molecule has 2 heteroatoms. The van der Waals surface area contributed by atoms with Crippen LogP contribution in [0.3, 0.4) is 0 Å². The molecule has 0 fully saturated rings. The van der Waals surface area contributed by atoms with Crippen molar-refractivity contribution in [3.05, 3.63) is 175 Å². The van der Waals surface area contributed by atoms with E-state index >= 15 is 0 Å². The number of rotatable bonds is 4. The van der Waals surface area contributed by atoms with Gasteiger partial charge in [0.15, 0.2) is 0 Å². The van der Waals surface area contributed by atoms with Crippen LogP contribution in [0, 0.1) is 0 Å². The Bertz CT molecular complexity index is 2230. The largest absolute Gasteiger partial charge is 0.308 e. The van der Waals surface area contributed by atoms with Crippen LogP contribution < -0.4 is 4.90 Å². The Morgan fingerprint density at radius 3 is 1.66 bits per heavy atom. The van der Waals surface area contributed by atoms with Gasteiger partial charge in [0.25, 0.3) is 0 Å². The normalized spacial score (nSPS) is 13.8. The minimum absolute atomic E-state index is 0.0676. The highest BCUT2D eigenvalue weighted by Crippen LogP contribution is 2.60. The average Bonchev–Trinajstić information content (AvgIpc) is 3.37. The number of nitrogens with zero attached hydrogens (tertiary/aromatic N) is 1. The van der Waals surface area contributed by atoms with E-state index < -0.39 is 0 Å². The fourth-order valence-corrected chi connectivity index (χ4v) is 8.55. The molecule has 9 rings (SSSR count). The van der Waals surface area contributed by atoms with E-state index in [1.165, 1.54) is 82.5 Å². The molecule has 0 saturated heterocycles. The number of para-hydroxylation sites is 1. The van der Waals surface area contributed by atoms with E-state index in [-0.39, 0.29) is 5.41 Å². The lowest BCUT2D eigenvalue weighted by Crippen LogP contribution is -2.18. The fraction of sp³-hybridized carbons (Fsp3) is 0.0667. The van der Waals surface area contributed by atoms with E-state index in [1.807, 2.05) is 11.8 Å². The molecule has 2 aliphatic rings. The molecule has 1 aliphatic heterocycles. The van der Waals surface area contributed by atoms with E-state index in [0.29, 0.717) is 0 Å². The van der Waals surface area contributed by atoms with Crippen molar-refractivity contribution >= 4 is 28.8 Å². The van der Waals surface area contributed by atoms with E-state index in [0.717, 1.165) is 0 Å². The minimum Gasteiger partial charge on any atom is -0.308 e. The Morgan fingerprint density at radius 2 is 1.00 bits per heavy atom. The van der Waals surface area contributed by atoms with Crippen molar-refractivity contribution in [3.8, 4) is 44.5 Å². The van der Waals surface area contributed by atoms with Crippen molar-refractivity contribution in [2.75, 3.05) is 4.90 Å². The van der Waals surface area contributed by atoms with E-state index in [1.54, 1.807) is 0 Å². The van der Waals surface area contributed by atoms with Crippen LogP contribution in [0.5, 0.6) is 0 Å². The molecule has 0 N–H and O–H groups in total. The molecule has 0 unspecified atom stereocenters. The molecule has 0 aromatic heterocycles. The van der Waals surface area contributed by atoms with Crippen LogP contribution in [-0.2, 0) is 5.41 Å². The molecule has 0 bridgehead atoms. The molecule has 7 aromatic rings. The Morgan fingerprint density at radius 1 is 0.447 bits per heavy atom. The summed E-state index contributed by atoms with van der Waals surface area (Å²) in [6.07, 6.45) is 0. The summed E-state index contributed by atoms with van der Waals surface area (Å²) in [4.78, 5) is 5.07. The monoisotopic (exact) mass is 619 g/mol. The van der Waals surface area contributed by atoms with Gasteiger partial charge in [0.05, 0.1) is 11.4 Å². The van der Waals surface area contributed by atoms with E-state index in [9.17, 15) is 0 Å². The Hall–Kier alpha value is -5.31. The Balaban J connectivity index is 1.27. The van der Waals surface area contributed by atoms with Gasteiger partial charge in [-0.05, 0) is 98.6 Å². The van der Waals surface area contributed by atoms with Crippen LogP contribution in [0.2, 0.25) is 0 Å². The maximum absolute atomic E-state index is 2.51. The third kappa shape index (κ3) is 4.55. The molecule has 0 saturated carbocycles. The van der Waals surface area contributed by atoms with Crippen molar-refractivity contribution < 1.29 is 0 Å². The van der Waals surface area contributed by atoms with Crippen molar-refractivity contribution in [3.63, 3.8) is 0 Å². The first-order valence-corrected chi connectivity index (χ1v) is 17.1. The van der Waals surface area contributed by atoms with E-state index in [4.69, 9.17) is 0 Å². The van der Waals surface area contributed by atoms with Gasteiger partial charge in [0.2, 0.25) is 0 Å². The van der Waals surface area contributed by atoms with Crippen molar-refractivity contribution in [1.29, 1.82) is 0 Å². The van der Waals surface area contributed by atoms with Crippen LogP contribution in [-0.4, -0.2) is 0 Å². The number of benzene rings is 7. The third-order valence-corrected chi connectivity index (χ3v) is 10.9. The summed E-state index contributed by atoms with van der Waals surface area (Å²) in [7, 11) is 0. The Kier molecular flexibility index (Phi) is 6.48. The molecule has 0 spiro atoms. The molecule has 1 heterocycles. The second-order valence-electron chi connectivity index (χ2n) is 13.0. The third-order valence-electron chi connectivity index (χ3n) is 9.82. The second-order valence-corrected chi connectivity index (χ2v) is 14.1. The zero-order valence-corrected chi connectivity index (χ0v) is 27.3. The molecular weight excluding hydrogens is 587 g/mol. The molecule has 0 radical (unpaired) electrons. The molecule has 224 valence electrons. The maximum atomic E-state index is 2.51. The minimum atomic E-state index is -0.0676. The summed E-state index contributed by atoms with van der Waals surface area (Å²) in [5.74, 6) is 0. The molecule has 47 heavy (non-hydrogen) atoms. The zero-order chi connectivity index (χ0) is 31.5. The van der Waals surface area contributed by atoms with Crippen molar-refractivity contribution in [2.45, 2.75) is 29.1 Å². The van der Waals surface area contributed by atoms with Gasteiger partial charge in [0.1, 0.15) is 0 Å². The number of hydrogen-bond acceptors (Lipinski definition) is 2. The first kappa shape index (κ1) is 28.0. The summed E-state index contributed by atoms with van der Waals surface area (Å²) < 4.78 is 0. The standard InChI is InChI=1S/C45H33NS/c1-45(2)38-21-13-12-20-37(38)43-39(45)23-25-42-44(43)46(36-18-10-5-11-19-36)40-29-32(22-24-41(40)47-42)35-27-33(30-14-6-3-7-15-30)26-34(28-35)31-16-8-4-9-17-31/h3-29H,1-2H3. The highest BCUT2D eigenvalue weighted by Gasteiger charge is 2.40. The van der Waals surface area contributed by atoms with Crippen molar-refractivity contribution in [1.82, 2.24) is 0 Å². The van der Waals surface area contributed by atoms with Crippen LogP contribution >= 0.6 is 11.8 Å². The zero-order valence-electron chi connectivity index (χ0n) is 26.4. The first-order chi connectivity index (χ1) is 23.1. The van der Waals surface area contributed by atoms with Gasteiger partial charge in [0, 0.05) is 26.5 Å². The lowest BCUT2D eigenvalue weighted by Gasteiger charge is -2.35. The maximum Gasteiger partial charge on any atom is 0.0683 e. The lowest BCUT2D eigenvalue weighted by atomic mass is 9.82. The number of anilines is 3. The van der Waals surface area contributed by atoms with Crippen LogP contribution in [0.1, 0.15) is 25.0 Å². The summed E-state index contributed by atoms with van der Waals surface area (Å²) >= 11 is 1.88.